The van der Waals surface area contributed by atoms with Gasteiger partial charge >= 0.3 is 0 Å². The van der Waals surface area contributed by atoms with Gasteiger partial charge in [0.25, 0.3) is 5.56 Å². The second-order valence-corrected chi connectivity index (χ2v) is 4.83. The molecule has 2 rings (SSSR count). The topological polar surface area (TPSA) is 57.2 Å². The quantitative estimate of drug-likeness (QED) is 0.923. The molecule has 0 aliphatic carbocycles. The number of nitrogens with two attached hydrogens (primary N) is 1. The Bertz CT molecular complexity index is 698. The number of hydrogen-bond acceptors (Lipinski definition) is 3. The van der Waals surface area contributed by atoms with E-state index in [1.165, 1.54) is 23.8 Å². The van der Waals surface area contributed by atoms with Crippen molar-refractivity contribution in [3.05, 3.63) is 50.6 Å². The van der Waals surface area contributed by atoms with E-state index in [0.717, 1.165) is 0 Å². The highest BCUT2D eigenvalue weighted by molar-refractivity contribution is 9.10. The van der Waals surface area contributed by atoms with E-state index in [2.05, 4.69) is 15.9 Å². The standard InChI is InChI=1S/C13H12BrFN2O2/c1-7-6-8(14)11(16)13(18)17(7)12-9(15)4-3-5-10(12)19-2/h3-6H,16H2,1-2H3. The predicted molar refractivity (Wildman–Crippen MR) is 75.4 cm³/mol. The second-order valence-electron chi connectivity index (χ2n) is 3.98. The van der Waals surface area contributed by atoms with Gasteiger partial charge in [-0.3, -0.25) is 9.36 Å². The summed E-state index contributed by atoms with van der Waals surface area (Å²) in [6.45, 7) is 1.69. The number of methoxy groups -OCH3 is 1. The lowest BCUT2D eigenvalue weighted by Gasteiger charge is -2.15. The number of pyridine rings is 1. The lowest BCUT2D eigenvalue weighted by Crippen LogP contribution is -2.25. The van der Waals surface area contributed by atoms with E-state index < -0.39 is 11.4 Å². The van der Waals surface area contributed by atoms with Crippen molar-refractivity contribution in [3.63, 3.8) is 0 Å². The summed E-state index contributed by atoms with van der Waals surface area (Å²) in [6.07, 6.45) is 0. The number of halogens is 2. The van der Waals surface area contributed by atoms with E-state index in [1.54, 1.807) is 19.1 Å². The monoisotopic (exact) mass is 326 g/mol. The summed E-state index contributed by atoms with van der Waals surface area (Å²) in [6, 6.07) is 6.02. The minimum Gasteiger partial charge on any atom is -0.494 e. The summed E-state index contributed by atoms with van der Waals surface area (Å²) >= 11 is 3.19. The van der Waals surface area contributed by atoms with Crippen LogP contribution in [0.4, 0.5) is 10.1 Å². The Kier molecular flexibility index (Phi) is 3.61. The molecule has 0 aliphatic heterocycles. The third kappa shape index (κ3) is 2.23. The molecule has 0 spiro atoms. The van der Waals surface area contributed by atoms with E-state index in [4.69, 9.17) is 10.5 Å². The van der Waals surface area contributed by atoms with Crippen LogP contribution in [0.1, 0.15) is 5.69 Å². The summed E-state index contributed by atoms with van der Waals surface area (Å²) in [7, 11) is 1.42. The van der Waals surface area contributed by atoms with Crippen LogP contribution in [0.15, 0.2) is 33.5 Å². The lowest BCUT2D eigenvalue weighted by molar-refractivity contribution is 0.408. The number of aryl methyl sites for hydroxylation is 1. The van der Waals surface area contributed by atoms with Gasteiger partial charge in [-0.2, -0.15) is 0 Å². The molecule has 0 atom stereocenters. The molecule has 100 valence electrons. The van der Waals surface area contributed by atoms with Crippen molar-refractivity contribution < 1.29 is 9.13 Å². The molecule has 1 heterocycles. The number of anilines is 1. The fraction of sp³-hybridized carbons (Fsp3) is 0.154. The number of ether oxygens (including phenoxy) is 1. The maximum atomic E-state index is 14.0. The van der Waals surface area contributed by atoms with E-state index in [1.807, 2.05) is 0 Å². The van der Waals surface area contributed by atoms with Gasteiger partial charge < -0.3 is 10.5 Å². The Hall–Kier alpha value is -1.82. The van der Waals surface area contributed by atoms with Crippen LogP contribution >= 0.6 is 15.9 Å². The van der Waals surface area contributed by atoms with E-state index >= 15 is 0 Å². The van der Waals surface area contributed by atoms with Crippen LogP contribution in [-0.4, -0.2) is 11.7 Å². The summed E-state index contributed by atoms with van der Waals surface area (Å²) in [4.78, 5) is 12.2. The highest BCUT2D eigenvalue weighted by Crippen LogP contribution is 2.27. The highest BCUT2D eigenvalue weighted by Gasteiger charge is 2.17. The number of benzene rings is 1. The minimum atomic E-state index is -0.550. The molecule has 1 aromatic heterocycles. The van der Waals surface area contributed by atoms with Gasteiger partial charge in [0.15, 0.2) is 5.82 Å². The van der Waals surface area contributed by atoms with Crippen LogP contribution in [-0.2, 0) is 0 Å². The van der Waals surface area contributed by atoms with Crippen LogP contribution < -0.4 is 16.0 Å². The average molecular weight is 327 g/mol. The van der Waals surface area contributed by atoms with Crippen molar-refractivity contribution in [2.45, 2.75) is 6.92 Å². The molecule has 0 radical (unpaired) electrons. The van der Waals surface area contributed by atoms with Gasteiger partial charge in [-0.15, -0.1) is 0 Å². The molecule has 2 N–H and O–H groups in total. The van der Waals surface area contributed by atoms with Crippen LogP contribution in [0.3, 0.4) is 0 Å². The number of hydrogen-bond donors (Lipinski definition) is 1. The molecule has 0 aliphatic rings. The van der Waals surface area contributed by atoms with Gasteiger partial charge in [0.2, 0.25) is 0 Å². The normalized spacial score (nSPS) is 10.5. The van der Waals surface area contributed by atoms with Gasteiger partial charge in [-0.1, -0.05) is 6.07 Å². The molecule has 0 fully saturated rings. The zero-order valence-electron chi connectivity index (χ0n) is 10.4. The SMILES string of the molecule is COc1cccc(F)c1-n1c(C)cc(Br)c(N)c1=O. The first-order valence-electron chi connectivity index (χ1n) is 5.48. The van der Waals surface area contributed by atoms with Gasteiger partial charge in [0.1, 0.15) is 17.1 Å². The van der Waals surface area contributed by atoms with E-state index in [9.17, 15) is 9.18 Å². The summed E-state index contributed by atoms with van der Waals surface area (Å²) in [5, 5.41) is 0. The number of rotatable bonds is 2. The maximum absolute atomic E-state index is 14.0. The zero-order chi connectivity index (χ0) is 14.2. The predicted octanol–water partition coefficient (Wildman–Crippen LogP) is 2.64. The van der Waals surface area contributed by atoms with Crippen LogP contribution in [0.5, 0.6) is 5.75 Å². The molecule has 6 heteroatoms. The Morgan fingerprint density at radius 1 is 1.42 bits per heavy atom. The molecule has 4 nitrogen and oxygen atoms in total. The van der Waals surface area contributed by atoms with Crippen molar-refractivity contribution in [1.29, 1.82) is 0 Å². The van der Waals surface area contributed by atoms with Crippen molar-refractivity contribution in [2.24, 2.45) is 0 Å². The number of para-hydroxylation sites is 1. The molecular formula is C13H12BrFN2O2. The number of aromatic nitrogens is 1. The van der Waals surface area contributed by atoms with Gasteiger partial charge in [0, 0.05) is 10.2 Å². The van der Waals surface area contributed by atoms with E-state index in [0.29, 0.717) is 10.2 Å². The Morgan fingerprint density at radius 3 is 2.74 bits per heavy atom. The van der Waals surface area contributed by atoms with Crippen molar-refractivity contribution >= 4 is 21.6 Å². The molecule has 0 saturated carbocycles. The molecule has 0 bridgehead atoms. The Morgan fingerprint density at radius 2 is 2.11 bits per heavy atom. The van der Waals surface area contributed by atoms with Crippen molar-refractivity contribution in [3.8, 4) is 11.4 Å². The molecular weight excluding hydrogens is 315 g/mol. The molecule has 0 unspecified atom stereocenters. The Balaban J connectivity index is 2.88. The van der Waals surface area contributed by atoms with Crippen molar-refractivity contribution in [2.75, 3.05) is 12.8 Å². The van der Waals surface area contributed by atoms with Crippen molar-refractivity contribution in [1.82, 2.24) is 4.57 Å². The molecule has 1 aromatic carbocycles. The first-order chi connectivity index (χ1) is 8.97. The smallest absolute Gasteiger partial charge is 0.279 e. The highest BCUT2D eigenvalue weighted by atomic mass is 79.9. The Labute approximate surface area is 117 Å². The molecule has 19 heavy (non-hydrogen) atoms. The fourth-order valence-corrected chi connectivity index (χ4v) is 2.36. The zero-order valence-corrected chi connectivity index (χ0v) is 12.0. The van der Waals surface area contributed by atoms with Crippen LogP contribution in [0.2, 0.25) is 0 Å². The first-order valence-corrected chi connectivity index (χ1v) is 6.27. The molecule has 0 saturated heterocycles. The van der Waals surface area contributed by atoms with Gasteiger partial charge in [-0.25, -0.2) is 4.39 Å². The average Bonchev–Trinajstić information content (AvgIpc) is 2.38. The molecule has 2 aromatic rings. The number of nitrogen functional groups attached to an aromatic ring is 1. The van der Waals surface area contributed by atoms with Gasteiger partial charge in [-0.05, 0) is 41.1 Å². The first kappa shape index (κ1) is 13.6. The maximum Gasteiger partial charge on any atom is 0.279 e. The van der Waals surface area contributed by atoms with Crippen LogP contribution in [0.25, 0.3) is 5.69 Å². The largest absolute Gasteiger partial charge is 0.494 e. The fourth-order valence-electron chi connectivity index (χ4n) is 1.86. The van der Waals surface area contributed by atoms with Crippen LogP contribution in [0, 0.1) is 12.7 Å². The number of nitrogens with zero attached hydrogens (tertiary/aromatic N) is 1. The summed E-state index contributed by atoms with van der Waals surface area (Å²) in [5.74, 6) is -0.279. The summed E-state index contributed by atoms with van der Waals surface area (Å²) < 4.78 is 20.8. The van der Waals surface area contributed by atoms with E-state index in [-0.39, 0.29) is 17.1 Å². The summed E-state index contributed by atoms with van der Waals surface area (Å²) in [5.41, 5.74) is 5.83. The van der Waals surface area contributed by atoms with Gasteiger partial charge in [0.05, 0.1) is 7.11 Å². The lowest BCUT2D eigenvalue weighted by atomic mass is 10.2. The third-order valence-corrected chi connectivity index (χ3v) is 3.43. The third-order valence-electron chi connectivity index (χ3n) is 2.77. The minimum absolute atomic E-state index is 0.0240. The molecule has 0 amide bonds. The second kappa shape index (κ2) is 5.05.